The Morgan fingerprint density at radius 1 is 1.56 bits per heavy atom. The predicted molar refractivity (Wildman–Crippen MR) is 64.5 cm³/mol. The Morgan fingerprint density at radius 2 is 2.17 bits per heavy atom. The third-order valence-electron chi connectivity index (χ3n) is 2.79. The molecule has 1 atom stereocenters. The number of halogens is 1. The molecule has 1 saturated heterocycles. The average molecular weight is 277 g/mol. The Morgan fingerprint density at radius 3 is 2.67 bits per heavy atom. The number of nitrogens with zero attached hydrogens (tertiary/aromatic N) is 1. The first-order chi connectivity index (χ1) is 8.31. The second-order valence-corrected chi connectivity index (χ2v) is 5.16. The Bertz CT molecular complexity index is 370. The number of nitrogens with one attached hydrogen (secondary N) is 1. The highest BCUT2D eigenvalue weighted by atomic mass is 35.5. The van der Waals surface area contributed by atoms with Crippen LogP contribution in [-0.4, -0.2) is 42.3 Å². The van der Waals surface area contributed by atoms with E-state index in [0.717, 1.165) is 5.01 Å². The van der Waals surface area contributed by atoms with Crippen molar-refractivity contribution in [3.8, 4) is 0 Å². The molecule has 0 aromatic heterocycles. The zero-order chi connectivity index (χ0) is 13.9. The lowest BCUT2D eigenvalue weighted by atomic mass is 9.93. The molecule has 0 radical (unpaired) electrons. The molecule has 0 aliphatic carbocycles. The Labute approximate surface area is 111 Å². The molecule has 6 nitrogen and oxygen atoms in total. The molecule has 1 aliphatic heterocycles. The highest BCUT2D eigenvalue weighted by Gasteiger charge is 2.38. The molecule has 1 N–H and O–H groups in total. The van der Waals surface area contributed by atoms with Crippen LogP contribution in [0.3, 0.4) is 0 Å². The fourth-order valence-corrected chi connectivity index (χ4v) is 1.75. The van der Waals surface area contributed by atoms with Gasteiger partial charge < -0.3 is 4.74 Å². The van der Waals surface area contributed by atoms with E-state index < -0.39 is 17.3 Å². The van der Waals surface area contributed by atoms with Crippen molar-refractivity contribution in [3.05, 3.63) is 0 Å². The van der Waals surface area contributed by atoms with E-state index in [9.17, 15) is 14.4 Å². The molecule has 0 aromatic carbocycles. The summed E-state index contributed by atoms with van der Waals surface area (Å²) in [6.45, 7) is 3.46. The van der Waals surface area contributed by atoms with Crippen LogP contribution in [0.5, 0.6) is 0 Å². The molecule has 0 saturated carbocycles. The van der Waals surface area contributed by atoms with Gasteiger partial charge in [0.1, 0.15) is 0 Å². The summed E-state index contributed by atoms with van der Waals surface area (Å²) in [6, 6.07) is 0. The maximum Gasteiger partial charge on any atom is 0.311 e. The van der Waals surface area contributed by atoms with Crippen molar-refractivity contribution in [1.29, 1.82) is 0 Å². The fraction of sp³-hybridized carbons (Fsp3) is 0.727. The lowest BCUT2D eigenvalue weighted by Crippen LogP contribution is -2.58. The van der Waals surface area contributed by atoms with Gasteiger partial charge in [0.2, 0.25) is 11.8 Å². The third-order valence-corrected chi connectivity index (χ3v) is 3.46. The van der Waals surface area contributed by atoms with E-state index in [0.29, 0.717) is 0 Å². The number of hydrogen-bond acceptors (Lipinski definition) is 4. The van der Waals surface area contributed by atoms with E-state index >= 15 is 0 Å². The van der Waals surface area contributed by atoms with Gasteiger partial charge in [-0.25, -0.2) is 0 Å². The van der Waals surface area contributed by atoms with Crippen molar-refractivity contribution in [2.45, 2.75) is 20.3 Å². The molecule has 1 unspecified atom stereocenters. The normalized spacial score (nSPS) is 20.3. The maximum absolute atomic E-state index is 12.1. The van der Waals surface area contributed by atoms with Gasteiger partial charge in [-0.2, -0.15) is 0 Å². The number of carbonyl (C=O) groups is 3. The minimum absolute atomic E-state index is 0.0256. The van der Waals surface area contributed by atoms with Gasteiger partial charge in [0, 0.05) is 12.3 Å². The second-order valence-electron chi connectivity index (χ2n) is 4.89. The topological polar surface area (TPSA) is 75.7 Å². The first kappa shape index (κ1) is 14.8. The quantitative estimate of drug-likeness (QED) is 0.594. The fourth-order valence-electron chi connectivity index (χ4n) is 1.63. The van der Waals surface area contributed by atoms with Crippen LogP contribution in [0.1, 0.15) is 20.3 Å². The summed E-state index contributed by atoms with van der Waals surface area (Å²) in [5.74, 6) is -1.69. The van der Waals surface area contributed by atoms with Crippen molar-refractivity contribution in [3.63, 3.8) is 0 Å². The molecule has 18 heavy (non-hydrogen) atoms. The SMILES string of the molecule is COC(=O)C1CC(=O)NN(C(=O)C(C)(C)CCl)C1. The zero-order valence-electron chi connectivity index (χ0n) is 10.7. The Kier molecular flexibility index (Phi) is 4.56. The van der Waals surface area contributed by atoms with E-state index in [-0.39, 0.29) is 30.7 Å². The summed E-state index contributed by atoms with van der Waals surface area (Å²) in [7, 11) is 1.25. The van der Waals surface area contributed by atoms with Gasteiger partial charge in [-0.05, 0) is 13.8 Å². The highest BCUT2D eigenvalue weighted by molar-refractivity contribution is 6.19. The van der Waals surface area contributed by atoms with E-state index in [4.69, 9.17) is 11.6 Å². The number of hydrazine groups is 1. The summed E-state index contributed by atoms with van der Waals surface area (Å²) in [6.07, 6.45) is 0.0256. The summed E-state index contributed by atoms with van der Waals surface area (Å²) >= 11 is 5.72. The van der Waals surface area contributed by atoms with Crippen LogP contribution in [0.15, 0.2) is 0 Å². The van der Waals surface area contributed by atoms with Crippen LogP contribution in [-0.2, 0) is 19.1 Å². The molecule has 0 aromatic rings. The molecule has 1 heterocycles. The number of alkyl halides is 1. The van der Waals surface area contributed by atoms with Crippen LogP contribution < -0.4 is 5.43 Å². The van der Waals surface area contributed by atoms with Crippen LogP contribution in [0.25, 0.3) is 0 Å². The Hall–Kier alpha value is -1.30. The highest BCUT2D eigenvalue weighted by Crippen LogP contribution is 2.23. The lowest BCUT2D eigenvalue weighted by molar-refractivity contribution is -0.159. The summed E-state index contributed by atoms with van der Waals surface area (Å²) < 4.78 is 4.60. The van der Waals surface area contributed by atoms with Crippen LogP contribution in [0.4, 0.5) is 0 Å². The first-order valence-corrected chi connectivity index (χ1v) is 6.10. The molecule has 102 valence electrons. The largest absolute Gasteiger partial charge is 0.469 e. The predicted octanol–water partition coefficient (Wildman–Crippen LogP) is 0.304. The van der Waals surface area contributed by atoms with Gasteiger partial charge in [0.05, 0.1) is 25.0 Å². The van der Waals surface area contributed by atoms with Crippen LogP contribution in [0.2, 0.25) is 0 Å². The number of esters is 1. The van der Waals surface area contributed by atoms with Crippen molar-refractivity contribution < 1.29 is 19.1 Å². The van der Waals surface area contributed by atoms with Crippen molar-refractivity contribution in [1.82, 2.24) is 10.4 Å². The molecule has 1 aliphatic rings. The molecular formula is C11H17ClN2O4. The zero-order valence-corrected chi connectivity index (χ0v) is 11.4. The van der Waals surface area contributed by atoms with E-state index in [1.165, 1.54) is 7.11 Å². The van der Waals surface area contributed by atoms with Crippen molar-refractivity contribution in [2.24, 2.45) is 11.3 Å². The maximum atomic E-state index is 12.1. The van der Waals surface area contributed by atoms with E-state index in [1.54, 1.807) is 13.8 Å². The Balaban J connectivity index is 2.81. The van der Waals surface area contributed by atoms with Crippen molar-refractivity contribution >= 4 is 29.4 Å². The monoisotopic (exact) mass is 276 g/mol. The number of methoxy groups -OCH3 is 1. The molecule has 2 amide bonds. The van der Waals surface area contributed by atoms with Gasteiger partial charge in [-0.3, -0.25) is 24.8 Å². The molecule has 7 heteroatoms. The van der Waals surface area contributed by atoms with Gasteiger partial charge >= 0.3 is 5.97 Å². The number of amides is 2. The smallest absolute Gasteiger partial charge is 0.311 e. The summed E-state index contributed by atoms with van der Waals surface area (Å²) in [4.78, 5) is 35.0. The standard InChI is InChI=1S/C11H17ClN2O4/c1-11(2,6-12)10(17)14-5-7(9(16)18-3)4-8(15)13-14/h7H,4-6H2,1-3H3,(H,13,15). The molecule has 0 spiro atoms. The number of rotatable bonds is 3. The summed E-state index contributed by atoms with van der Waals surface area (Å²) in [5.41, 5.74) is 1.65. The van der Waals surface area contributed by atoms with Gasteiger partial charge in [-0.1, -0.05) is 0 Å². The molecular weight excluding hydrogens is 260 g/mol. The average Bonchev–Trinajstić information content (AvgIpc) is 2.35. The minimum atomic E-state index is -0.799. The van der Waals surface area contributed by atoms with E-state index in [2.05, 4.69) is 10.2 Å². The summed E-state index contributed by atoms with van der Waals surface area (Å²) in [5, 5.41) is 1.15. The third kappa shape index (κ3) is 3.13. The molecule has 1 rings (SSSR count). The minimum Gasteiger partial charge on any atom is -0.469 e. The lowest BCUT2D eigenvalue weighted by Gasteiger charge is -2.35. The number of carbonyl (C=O) groups excluding carboxylic acids is 3. The molecule has 1 fully saturated rings. The first-order valence-electron chi connectivity index (χ1n) is 5.57. The van der Waals surface area contributed by atoms with E-state index in [1.807, 2.05) is 0 Å². The molecule has 0 bridgehead atoms. The van der Waals surface area contributed by atoms with Gasteiger partial charge in [-0.15, -0.1) is 11.6 Å². The van der Waals surface area contributed by atoms with Crippen molar-refractivity contribution in [2.75, 3.05) is 19.5 Å². The van der Waals surface area contributed by atoms with Crippen LogP contribution >= 0.6 is 11.6 Å². The number of hydrogen-bond donors (Lipinski definition) is 1. The van der Waals surface area contributed by atoms with Gasteiger partial charge in [0.15, 0.2) is 0 Å². The van der Waals surface area contributed by atoms with Crippen LogP contribution in [0, 0.1) is 11.3 Å². The number of ether oxygens (including phenoxy) is 1. The van der Waals surface area contributed by atoms with Gasteiger partial charge in [0.25, 0.3) is 0 Å². The second kappa shape index (κ2) is 5.56.